The molecule has 5 N–H and O–H groups in total. The Bertz CT molecular complexity index is 1180. The van der Waals surface area contributed by atoms with Crippen molar-refractivity contribution < 1.29 is 9.53 Å². The van der Waals surface area contributed by atoms with Gasteiger partial charge < -0.3 is 20.8 Å². The molecule has 0 atom stereocenters. The first-order valence-electron chi connectivity index (χ1n) is 8.85. The van der Waals surface area contributed by atoms with E-state index in [4.69, 9.17) is 10.5 Å². The SMILES string of the molecule is Cc1ccc2c(-c3cnc4[nH]cc(OC(=O)NC(C)(C)CN)c4n3)n[nH]c2c1. The van der Waals surface area contributed by atoms with Crippen LogP contribution in [0.5, 0.6) is 5.75 Å². The molecule has 9 heteroatoms. The lowest BCUT2D eigenvalue weighted by Gasteiger charge is -2.23. The second-order valence-electron chi connectivity index (χ2n) is 7.33. The number of benzene rings is 1. The molecule has 1 amide bonds. The molecule has 3 aromatic heterocycles. The van der Waals surface area contributed by atoms with E-state index >= 15 is 0 Å². The van der Waals surface area contributed by atoms with Crippen molar-refractivity contribution in [1.29, 1.82) is 0 Å². The first kappa shape index (κ1) is 17.9. The number of aromatic nitrogens is 5. The number of carbonyl (C=O) groups excluding carboxylic acids is 1. The molecule has 3 heterocycles. The summed E-state index contributed by atoms with van der Waals surface area (Å²) in [4.78, 5) is 24.1. The molecule has 0 spiro atoms. The quantitative estimate of drug-likeness (QED) is 0.430. The molecule has 0 saturated heterocycles. The Balaban J connectivity index is 1.69. The summed E-state index contributed by atoms with van der Waals surface area (Å²) in [5.41, 5.74) is 9.34. The Morgan fingerprint density at radius 3 is 2.96 bits per heavy atom. The summed E-state index contributed by atoms with van der Waals surface area (Å²) in [7, 11) is 0. The number of rotatable bonds is 4. The average Bonchev–Trinajstić information content (AvgIpc) is 3.24. The van der Waals surface area contributed by atoms with E-state index in [0.717, 1.165) is 16.5 Å². The zero-order valence-corrected chi connectivity index (χ0v) is 15.8. The molecule has 4 aromatic rings. The molecule has 0 aliphatic heterocycles. The Morgan fingerprint density at radius 1 is 1.36 bits per heavy atom. The number of carbonyl (C=O) groups is 1. The molecular weight excluding hydrogens is 358 g/mol. The third-order valence-corrected chi connectivity index (χ3v) is 4.46. The first-order chi connectivity index (χ1) is 13.4. The minimum absolute atomic E-state index is 0.283. The molecule has 1 aromatic carbocycles. The molecule has 0 saturated carbocycles. The van der Waals surface area contributed by atoms with Gasteiger partial charge in [-0.1, -0.05) is 12.1 Å². The van der Waals surface area contributed by atoms with Gasteiger partial charge in [0.1, 0.15) is 11.4 Å². The summed E-state index contributed by atoms with van der Waals surface area (Å²) in [6, 6.07) is 6.03. The summed E-state index contributed by atoms with van der Waals surface area (Å²) in [5, 5.41) is 11.1. The number of amides is 1. The predicted molar refractivity (Wildman–Crippen MR) is 106 cm³/mol. The average molecular weight is 379 g/mol. The second-order valence-corrected chi connectivity index (χ2v) is 7.33. The fourth-order valence-corrected chi connectivity index (χ4v) is 2.84. The Labute approximate surface area is 160 Å². The van der Waals surface area contributed by atoms with Crippen LogP contribution in [0.1, 0.15) is 19.4 Å². The van der Waals surface area contributed by atoms with E-state index in [1.165, 1.54) is 0 Å². The summed E-state index contributed by atoms with van der Waals surface area (Å²) in [5.74, 6) is 0.283. The van der Waals surface area contributed by atoms with Crippen LogP contribution in [-0.4, -0.2) is 43.3 Å². The highest BCUT2D eigenvalue weighted by Crippen LogP contribution is 2.29. The van der Waals surface area contributed by atoms with Gasteiger partial charge in [0.25, 0.3) is 0 Å². The van der Waals surface area contributed by atoms with E-state index < -0.39 is 11.6 Å². The fraction of sp³-hybridized carbons (Fsp3) is 0.263. The minimum atomic E-state index is -0.607. The van der Waals surface area contributed by atoms with Crippen LogP contribution < -0.4 is 15.8 Å². The van der Waals surface area contributed by atoms with E-state index in [0.29, 0.717) is 22.6 Å². The topological polar surface area (TPSA) is 135 Å². The predicted octanol–water partition coefficient (Wildman–Crippen LogP) is 2.64. The summed E-state index contributed by atoms with van der Waals surface area (Å²) in [6.07, 6.45) is 2.58. The van der Waals surface area contributed by atoms with Gasteiger partial charge in [-0.05, 0) is 32.4 Å². The molecule has 0 bridgehead atoms. The second kappa shape index (κ2) is 6.61. The maximum atomic E-state index is 12.2. The van der Waals surface area contributed by atoms with Crippen molar-refractivity contribution in [3.63, 3.8) is 0 Å². The fourth-order valence-electron chi connectivity index (χ4n) is 2.84. The van der Waals surface area contributed by atoms with Gasteiger partial charge in [0.15, 0.2) is 16.9 Å². The summed E-state index contributed by atoms with van der Waals surface area (Å²) >= 11 is 0. The highest BCUT2D eigenvalue weighted by Gasteiger charge is 2.21. The highest BCUT2D eigenvalue weighted by atomic mass is 16.6. The van der Waals surface area contributed by atoms with Crippen LogP contribution >= 0.6 is 0 Å². The normalized spacial score (nSPS) is 11.9. The van der Waals surface area contributed by atoms with Crippen LogP contribution in [0, 0.1) is 6.92 Å². The third-order valence-electron chi connectivity index (χ3n) is 4.46. The van der Waals surface area contributed by atoms with Crippen LogP contribution in [0.4, 0.5) is 4.79 Å². The van der Waals surface area contributed by atoms with Gasteiger partial charge in [0.05, 0.1) is 11.7 Å². The Hall–Kier alpha value is -3.46. The smallest absolute Gasteiger partial charge is 0.406 e. The van der Waals surface area contributed by atoms with Crippen molar-refractivity contribution in [1.82, 2.24) is 30.5 Å². The first-order valence-corrected chi connectivity index (χ1v) is 8.85. The van der Waals surface area contributed by atoms with E-state index in [1.807, 2.05) is 39.0 Å². The van der Waals surface area contributed by atoms with E-state index in [9.17, 15) is 4.79 Å². The van der Waals surface area contributed by atoms with Gasteiger partial charge in [-0.3, -0.25) is 5.10 Å². The maximum Gasteiger partial charge on any atom is 0.413 e. The maximum absolute atomic E-state index is 12.2. The van der Waals surface area contributed by atoms with Crippen molar-refractivity contribution in [3.8, 4) is 17.1 Å². The molecular formula is C19H21N7O2. The molecule has 28 heavy (non-hydrogen) atoms. The number of hydrogen-bond donors (Lipinski definition) is 4. The van der Waals surface area contributed by atoms with Crippen LogP contribution in [0.25, 0.3) is 33.5 Å². The van der Waals surface area contributed by atoms with Crippen LogP contribution in [-0.2, 0) is 0 Å². The number of nitrogens with zero attached hydrogens (tertiary/aromatic N) is 3. The van der Waals surface area contributed by atoms with Crippen molar-refractivity contribution in [3.05, 3.63) is 36.2 Å². The molecule has 9 nitrogen and oxygen atoms in total. The van der Waals surface area contributed by atoms with E-state index in [-0.39, 0.29) is 12.3 Å². The van der Waals surface area contributed by atoms with Gasteiger partial charge in [0, 0.05) is 23.7 Å². The molecule has 0 aliphatic rings. The number of H-pyrrole nitrogens is 2. The van der Waals surface area contributed by atoms with Crippen molar-refractivity contribution in [2.45, 2.75) is 26.3 Å². The minimum Gasteiger partial charge on any atom is -0.406 e. The van der Waals surface area contributed by atoms with E-state index in [2.05, 4.69) is 30.5 Å². The monoisotopic (exact) mass is 379 g/mol. The lowest BCUT2D eigenvalue weighted by atomic mass is 10.1. The Morgan fingerprint density at radius 2 is 2.18 bits per heavy atom. The highest BCUT2D eigenvalue weighted by molar-refractivity contribution is 5.93. The van der Waals surface area contributed by atoms with Gasteiger partial charge in [0.2, 0.25) is 0 Å². The molecule has 0 unspecified atom stereocenters. The van der Waals surface area contributed by atoms with Crippen LogP contribution in [0.15, 0.2) is 30.6 Å². The van der Waals surface area contributed by atoms with E-state index in [1.54, 1.807) is 12.4 Å². The number of ether oxygens (including phenoxy) is 1. The molecule has 0 radical (unpaired) electrons. The zero-order valence-electron chi connectivity index (χ0n) is 15.8. The lowest BCUT2D eigenvalue weighted by molar-refractivity contribution is 0.189. The zero-order chi connectivity index (χ0) is 19.9. The van der Waals surface area contributed by atoms with Crippen LogP contribution in [0.2, 0.25) is 0 Å². The molecule has 144 valence electrons. The third kappa shape index (κ3) is 3.27. The lowest BCUT2D eigenvalue weighted by Crippen LogP contribution is -2.49. The van der Waals surface area contributed by atoms with Gasteiger partial charge >= 0.3 is 6.09 Å². The molecule has 0 fully saturated rings. The number of aryl methyl sites for hydroxylation is 1. The van der Waals surface area contributed by atoms with Crippen LogP contribution in [0.3, 0.4) is 0 Å². The summed E-state index contributed by atoms with van der Waals surface area (Å²) in [6.45, 7) is 5.93. The van der Waals surface area contributed by atoms with Gasteiger partial charge in [-0.25, -0.2) is 14.8 Å². The van der Waals surface area contributed by atoms with Gasteiger partial charge in [-0.15, -0.1) is 0 Å². The van der Waals surface area contributed by atoms with Crippen molar-refractivity contribution in [2.75, 3.05) is 6.54 Å². The standard InChI is InChI=1S/C19H21N7O2/c1-10-4-5-11-12(6-10)25-26-15(11)13-7-21-17-16(23-13)14(8-22-17)28-18(27)24-19(2,3)9-20/h4-8H,9,20H2,1-3H3,(H,21,22)(H,24,27)(H,25,26). The summed E-state index contributed by atoms with van der Waals surface area (Å²) < 4.78 is 5.41. The number of fused-ring (bicyclic) bond motifs is 2. The largest absolute Gasteiger partial charge is 0.413 e. The van der Waals surface area contributed by atoms with Gasteiger partial charge in [-0.2, -0.15) is 5.10 Å². The Kier molecular flexibility index (Phi) is 4.23. The number of nitrogens with one attached hydrogen (secondary N) is 3. The number of hydrogen-bond acceptors (Lipinski definition) is 6. The molecule has 0 aliphatic carbocycles. The molecule has 4 rings (SSSR count). The number of aromatic amines is 2. The van der Waals surface area contributed by atoms with Crippen molar-refractivity contribution >= 4 is 28.2 Å². The number of nitrogens with two attached hydrogens (primary N) is 1. The van der Waals surface area contributed by atoms with Crippen molar-refractivity contribution in [2.24, 2.45) is 5.73 Å².